The van der Waals surface area contributed by atoms with Crippen molar-refractivity contribution in [2.24, 2.45) is 5.92 Å². The van der Waals surface area contributed by atoms with E-state index in [-0.39, 0.29) is 23.2 Å². The SMILES string of the molecule is CC(Oc1nc(-c2ccc(N3CCNCC3)nc2)cc2ncn(C(F)F)c12)C1CNC(=O)C1. The first kappa shape index (κ1) is 21.5. The predicted molar refractivity (Wildman–Crippen MR) is 118 cm³/mol. The van der Waals surface area contributed by atoms with Gasteiger partial charge in [0, 0.05) is 56.8 Å². The molecule has 5 heterocycles. The number of piperazine rings is 1. The molecular weight excluding hydrogens is 432 g/mol. The van der Waals surface area contributed by atoms with E-state index < -0.39 is 12.7 Å². The zero-order valence-electron chi connectivity index (χ0n) is 18.2. The molecule has 2 unspecified atom stereocenters. The molecule has 1 amide bonds. The average Bonchev–Trinajstić information content (AvgIpc) is 3.46. The number of amides is 1. The Hall–Kier alpha value is -3.34. The molecule has 5 rings (SSSR count). The van der Waals surface area contributed by atoms with Gasteiger partial charge in [0.1, 0.15) is 23.8 Å². The quantitative estimate of drug-likeness (QED) is 0.586. The maximum absolute atomic E-state index is 13.6. The van der Waals surface area contributed by atoms with Crippen LogP contribution in [-0.2, 0) is 4.79 Å². The number of anilines is 1. The van der Waals surface area contributed by atoms with Crippen LogP contribution in [0.2, 0.25) is 0 Å². The van der Waals surface area contributed by atoms with E-state index in [0.717, 1.165) is 48.5 Å². The molecule has 0 spiro atoms. The molecule has 2 N–H and O–H groups in total. The summed E-state index contributed by atoms with van der Waals surface area (Å²) >= 11 is 0. The number of halogens is 2. The molecule has 0 saturated carbocycles. The van der Waals surface area contributed by atoms with Crippen LogP contribution >= 0.6 is 0 Å². The third-order valence-electron chi connectivity index (χ3n) is 6.19. The molecule has 0 radical (unpaired) electrons. The minimum Gasteiger partial charge on any atom is -0.473 e. The number of carbonyl (C=O) groups excluding carboxylic acids is 1. The van der Waals surface area contributed by atoms with Gasteiger partial charge in [-0.25, -0.2) is 15.0 Å². The fraction of sp³-hybridized carbons (Fsp3) is 0.455. The number of hydrogen-bond acceptors (Lipinski definition) is 7. The van der Waals surface area contributed by atoms with Crippen molar-refractivity contribution >= 4 is 22.8 Å². The van der Waals surface area contributed by atoms with Crippen molar-refractivity contribution in [1.29, 1.82) is 0 Å². The van der Waals surface area contributed by atoms with E-state index in [1.807, 2.05) is 19.1 Å². The Morgan fingerprint density at radius 2 is 2.03 bits per heavy atom. The number of imidazole rings is 1. The summed E-state index contributed by atoms with van der Waals surface area (Å²) in [6.45, 7) is 3.11. The van der Waals surface area contributed by atoms with Gasteiger partial charge in [-0.1, -0.05) is 0 Å². The number of hydrogen-bond donors (Lipinski definition) is 2. The molecule has 9 nitrogen and oxygen atoms in total. The maximum atomic E-state index is 13.6. The van der Waals surface area contributed by atoms with Gasteiger partial charge in [0.25, 0.3) is 0 Å². The summed E-state index contributed by atoms with van der Waals surface area (Å²) in [6.07, 6.45) is 2.74. The Balaban J connectivity index is 1.48. The lowest BCUT2D eigenvalue weighted by molar-refractivity contribution is -0.119. The highest BCUT2D eigenvalue weighted by molar-refractivity contribution is 5.84. The van der Waals surface area contributed by atoms with Crippen molar-refractivity contribution in [1.82, 2.24) is 30.2 Å². The van der Waals surface area contributed by atoms with E-state index >= 15 is 0 Å². The third-order valence-corrected chi connectivity index (χ3v) is 6.19. The summed E-state index contributed by atoms with van der Waals surface area (Å²) in [6, 6.07) is 5.51. The number of fused-ring (bicyclic) bond motifs is 1. The standard InChI is InChI=1S/C22H25F2N7O2/c1-13(15-8-19(32)27-11-15)33-21-20-17(28-12-31(20)22(23)24)9-16(29-21)14-2-3-18(26-10-14)30-6-4-25-5-7-30/h2-3,9-10,12-13,15,22,25H,4-8,11H2,1H3,(H,27,32). The summed E-state index contributed by atoms with van der Waals surface area (Å²) in [5.74, 6) is 0.835. The Bertz CT molecular complexity index is 1150. The number of rotatable bonds is 6. The molecule has 0 bridgehead atoms. The molecule has 0 aliphatic carbocycles. The second kappa shape index (κ2) is 8.89. The third kappa shape index (κ3) is 4.32. The first-order chi connectivity index (χ1) is 16.0. The first-order valence-electron chi connectivity index (χ1n) is 11.0. The van der Waals surface area contributed by atoms with Crippen molar-refractivity contribution in [3.63, 3.8) is 0 Å². The number of ether oxygens (including phenoxy) is 1. The lowest BCUT2D eigenvalue weighted by Gasteiger charge is -2.28. The van der Waals surface area contributed by atoms with E-state index in [1.54, 1.807) is 12.3 Å². The van der Waals surface area contributed by atoms with E-state index in [1.165, 1.54) is 0 Å². The molecule has 2 saturated heterocycles. The van der Waals surface area contributed by atoms with Gasteiger partial charge in [-0.2, -0.15) is 8.78 Å². The normalized spacial score (nSPS) is 19.8. The Kier molecular flexibility index (Phi) is 5.79. The lowest BCUT2D eigenvalue weighted by Crippen LogP contribution is -2.43. The molecular formula is C22H25F2N7O2. The molecule has 2 fully saturated rings. The topological polar surface area (TPSA) is 97.2 Å². The van der Waals surface area contributed by atoms with Crippen LogP contribution in [0.1, 0.15) is 19.9 Å². The van der Waals surface area contributed by atoms with Crippen molar-refractivity contribution in [3.8, 4) is 17.1 Å². The van der Waals surface area contributed by atoms with Crippen LogP contribution in [-0.4, -0.2) is 64.3 Å². The van der Waals surface area contributed by atoms with Gasteiger partial charge in [-0.3, -0.25) is 9.36 Å². The number of pyridine rings is 2. The van der Waals surface area contributed by atoms with Crippen molar-refractivity contribution in [2.75, 3.05) is 37.6 Å². The molecule has 2 aliphatic rings. The number of aromatic nitrogens is 4. The first-order valence-corrected chi connectivity index (χ1v) is 11.0. The number of carbonyl (C=O) groups is 1. The Morgan fingerprint density at radius 3 is 2.70 bits per heavy atom. The minimum absolute atomic E-state index is 0.0458. The molecule has 3 aromatic heterocycles. The fourth-order valence-electron chi connectivity index (χ4n) is 4.25. The van der Waals surface area contributed by atoms with Gasteiger partial charge in [-0.05, 0) is 25.1 Å². The smallest absolute Gasteiger partial charge is 0.320 e. The molecule has 0 aromatic carbocycles. The van der Waals surface area contributed by atoms with Gasteiger partial charge in [0.15, 0.2) is 0 Å². The predicted octanol–water partition coefficient (Wildman–Crippen LogP) is 2.20. The summed E-state index contributed by atoms with van der Waals surface area (Å²) < 4.78 is 34.0. The van der Waals surface area contributed by atoms with Crippen LogP contribution in [0.15, 0.2) is 30.7 Å². The van der Waals surface area contributed by atoms with Crippen LogP contribution < -0.4 is 20.3 Å². The van der Waals surface area contributed by atoms with E-state index in [0.29, 0.717) is 24.2 Å². The highest BCUT2D eigenvalue weighted by atomic mass is 19.3. The van der Waals surface area contributed by atoms with Crippen LogP contribution in [0.4, 0.5) is 14.6 Å². The molecule has 33 heavy (non-hydrogen) atoms. The summed E-state index contributed by atoms with van der Waals surface area (Å²) in [5, 5.41) is 6.09. The zero-order valence-corrected chi connectivity index (χ0v) is 18.2. The second-order valence-electron chi connectivity index (χ2n) is 8.34. The van der Waals surface area contributed by atoms with Crippen LogP contribution in [0, 0.1) is 5.92 Å². The summed E-state index contributed by atoms with van der Waals surface area (Å²) in [7, 11) is 0. The maximum Gasteiger partial charge on any atom is 0.320 e. The van der Waals surface area contributed by atoms with E-state index in [2.05, 4.69) is 30.5 Å². The number of alkyl halides is 2. The highest BCUT2D eigenvalue weighted by Crippen LogP contribution is 2.33. The van der Waals surface area contributed by atoms with Crippen LogP contribution in [0.25, 0.3) is 22.3 Å². The van der Waals surface area contributed by atoms with Gasteiger partial charge in [-0.15, -0.1) is 0 Å². The fourth-order valence-corrected chi connectivity index (χ4v) is 4.25. The molecule has 3 aromatic rings. The average molecular weight is 457 g/mol. The number of nitrogens with zero attached hydrogens (tertiary/aromatic N) is 5. The van der Waals surface area contributed by atoms with Crippen LogP contribution in [0.3, 0.4) is 0 Å². The Morgan fingerprint density at radius 1 is 1.21 bits per heavy atom. The van der Waals surface area contributed by atoms with Gasteiger partial charge in [0.2, 0.25) is 11.8 Å². The van der Waals surface area contributed by atoms with Crippen molar-refractivity contribution in [2.45, 2.75) is 26.0 Å². The second-order valence-corrected chi connectivity index (χ2v) is 8.34. The van der Waals surface area contributed by atoms with Crippen LogP contribution in [0.5, 0.6) is 5.88 Å². The molecule has 2 atom stereocenters. The molecule has 2 aliphatic heterocycles. The monoisotopic (exact) mass is 457 g/mol. The lowest BCUT2D eigenvalue weighted by atomic mass is 10.0. The largest absolute Gasteiger partial charge is 0.473 e. The summed E-state index contributed by atoms with van der Waals surface area (Å²) in [5.41, 5.74) is 1.75. The van der Waals surface area contributed by atoms with E-state index in [9.17, 15) is 13.6 Å². The molecule has 11 heteroatoms. The Labute approximate surface area is 189 Å². The minimum atomic E-state index is -2.78. The van der Waals surface area contributed by atoms with Gasteiger partial charge >= 0.3 is 6.55 Å². The zero-order chi connectivity index (χ0) is 22.9. The number of nitrogens with one attached hydrogen (secondary N) is 2. The summed E-state index contributed by atoms with van der Waals surface area (Å²) in [4.78, 5) is 27.1. The van der Waals surface area contributed by atoms with Crippen molar-refractivity contribution in [3.05, 3.63) is 30.7 Å². The van der Waals surface area contributed by atoms with Gasteiger partial charge in [0.05, 0.1) is 11.2 Å². The van der Waals surface area contributed by atoms with E-state index in [4.69, 9.17) is 4.74 Å². The van der Waals surface area contributed by atoms with Gasteiger partial charge < -0.3 is 20.3 Å². The highest BCUT2D eigenvalue weighted by Gasteiger charge is 2.29. The van der Waals surface area contributed by atoms with Crippen molar-refractivity contribution < 1.29 is 18.3 Å². The molecule has 174 valence electrons.